The Balaban J connectivity index is 1.40. The van der Waals surface area contributed by atoms with Gasteiger partial charge >= 0.3 is 6.01 Å². The van der Waals surface area contributed by atoms with E-state index in [-0.39, 0.29) is 36.5 Å². The van der Waals surface area contributed by atoms with Crippen LogP contribution in [0.2, 0.25) is 0 Å². The van der Waals surface area contributed by atoms with E-state index in [1.165, 1.54) is 6.08 Å². The smallest absolute Gasteiger partial charge is 0.319 e. The Morgan fingerprint density at radius 1 is 1.23 bits per heavy atom. The topological polar surface area (TPSA) is 121 Å². The fourth-order valence-electron chi connectivity index (χ4n) is 6.37. The number of amides is 1. The summed E-state index contributed by atoms with van der Waals surface area (Å²) in [6.45, 7) is 6.37. The molecule has 0 spiro atoms. The molecule has 1 amide bonds. The van der Waals surface area contributed by atoms with Crippen LogP contribution in [-0.4, -0.2) is 97.1 Å². The van der Waals surface area contributed by atoms with Gasteiger partial charge in [0.15, 0.2) is 6.29 Å². The number of hydrogen-bond acceptors (Lipinski definition) is 10. The minimum absolute atomic E-state index is 0.0470. The molecule has 1 aromatic heterocycles. The fourth-order valence-corrected chi connectivity index (χ4v) is 6.37. The first-order valence-corrected chi connectivity index (χ1v) is 15.0. The number of piperazine rings is 1. The number of benzene rings is 1. The number of nitrogens with zero attached hydrogens (tertiary/aromatic N) is 6. The molecule has 5 rings (SSSR count). The van der Waals surface area contributed by atoms with Gasteiger partial charge in [0, 0.05) is 36.8 Å². The number of likely N-dealkylation sites (N-methyl/N-ethyl adjacent to an activating group) is 1. The quantitative estimate of drug-likeness (QED) is 0.286. The predicted octanol–water partition coefficient (Wildman–Crippen LogP) is 3.21. The molecule has 0 saturated carbocycles. The maximum atomic E-state index is 12.5. The van der Waals surface area contributed by atoms with Gasteiger partial charge in [0.2, 0.25) is 5.91 Å². The van der Waals surface area contributed by atoms with Crippen LogP contribution in [0.25, 0.3) is 0 Å². The molecule has 0 aliphatic carbocycles. The van der Waals surface area contributed by atoms with Gasteiger partial charge in [-0.25, -0.2) is 0 Å². The van der Waals surface area contributed by atoms with Gasteiger partial charge in [0.1, 0.15) is 29.6 Å². The summed E-state index contributed by atoms with van der Waals surface area (Å²) in [5.74, 6) is 2.06. The lowest BCUT2D eigenvalue weighted by molar-refractivity contribution is -0.128. The molecule has 0 N–H and O–H groups in total. The summed E-state index contributed by atoms with van der Waals surface area (Å²) in [6.07, 6.45) is 7.17. The van der Waals surface area contributed by atoms with Crippen molar-refractivity contribution in [2.45, 2.75) is 63.1 Å². The number of nitriles is 1. The third-order valence-corrected chi connectivity index (χ3v) is 8.79. The number of fused-ring (bicyclic) bond motifs is 1. The monoisotopic (exact) mass is 588 g/mol. The van der Waals surface area contributed by atoms with Crippen molar-refractivity contribution in [3.05, 3.63) is 47.7 Å². The normalized spacial score (nSPS) is 21.8. The number of carbonyl (C=O) groups is 2. The first-order valence-electron chi connectivity index (χ1n) is 15.0. The summed E-state index contributed by atoms with van der Waals surface area (Å²) in [5, 5.41) is 9.50. The standard InChI is InChI=1S/C32H40N6O5/c1-4-30(40)38-18-17-37(19-22(38)14-15-33)31-25(12-10-24-11-13-26-28(41-3)8-5-9-29(26)43-24)27(20-39)34-32(35-31)42-21-23-7-6-16-36(23)2/h4-5,8-9,20,22-24H,1,6-7,10-14,16-19,21H2,2-3H3/t22?,23?,24-/m0/s1. The van der Waals surface area contributed by atoms with E-state index in [1.54, 1.807) is 12.0 Å². The molecule has 43 heavy (non-hydrogen) atoms. The third-order valence-electron chi connectivity index (χ3n) is 8.79. The number of hydrogen-bond donors (Lipinski definition) is 0. The summed E-state index contributed by atoms with van der Waals surface area (Å²) >= 11 is 0. The molecule has 0 radical (unpaired) electrons. The molecule has 4 heterocycles. The molecular formula is C32H40N6O5. The second kappa shape index (κ2) is 13.9. The van der Waals surface area contributed by atoms with E-state index in [1.807, 2.05) is 18.2 Å². The number of carbonyl (C=O) groups excluding carboxylic acids is 2. The van der Waals surface area contributed by atoms with Gasteiger partial charge in [0.25, 0.3) is 0 Å². The molecule has 2 fully saturated rings. The SMILES string of the molecule is C=CC(=O)N1CCN(c2nc(OCC3CCCN3C)nc(C=O)c2CC[C@H]2CCc3c(OC)cccc3O2)CC1CC#N. The lowest BCUT2D eigenvalue weighted by Gasteiger charge is -2.41. The minimum atomic E-state index is -0.337. The van der Waals surface area contributed by atoms with Crippen molar-refractivity contribution in [1.29, 1.82) is 5.26 Å². The average molecular weight is 589 g/mol. The number of likely N-dealkylation sites (tertiary alicyclic amines) is 1. The van der Waals surface area contributed by atoms with E-state index in [0.29, 0.717) is 50.6 Å². The van der Waals surface area contributed by atoms with Gasteiger partial charge in [-0.2, -0.15) is 15.2 Å². The molecule has 1 aromatic carbocycles. The minimum Gasteiger partial charge on any atom is -0.496 e. The fraction of sp³-hybridized carbons (Fsp3) is 0.531. The number of anilines is 1. The second-order valence-electron chi connectivity index (χ2n) is 11.4. The number of aromatic nitrogens is 2. The highest BCUT2D eigenvalue weighted by Gasteiger charge is 2.33. The van der Waals surface area contributed by atoms with Gasteiger partial charge in [-0.3, -0.25) is 9.59 Å². The molecule has 3 atom stereocenters. The molecule has 228 valence electrons. The van der Waals surface area contributed by atoms with E-state index >= 15 is 0 Å². The molecule has 0 bridgehead atoms. The highest BCUT2D eigenvalue weighted by atomic mass is 16.5. The Hall–Kier alpha value is -4.17. The van der Waals surface area contributed by atoms with E-state index in [4.69, 9.17) is 19.2 Å². The van der Waals surface area contributed by atoms with Crippen molar-refractivity contribution in [3.63, 3.8) is 0 Å². The number of ether oxygens (including phenoxy) is 3. The zero-order chi connectivity index (χ0) is 30.3. The Morgan fingerprint density at radius 2 is 2.09 bits per heavy atom. The number of methoxy groups -OCH3 is 1. The molecule has 11 heteroatoms. The van der Waals surface area contributed by atoms with Crippen LogP contribution >= 0.6 is 0 Å². The van der Waals surface area contributed by atoms with Crippen LogP contribution in [0.4, 0.5) is 5.82 Å². The van der Waals surface area contributed by atoms with Crippen molar-refractivity contribution >= 4 is 18.0 Å². The van der Waals surface area contributed by atoms with Gasteiger partial charge < -0.3 is 28.9 Å². The Morgan fingerprint density at radius 3 is 2.81 bits per heavy atom. The van der Waals surface area contributed by atoms with Crippen LogP contribution < -0.4 is 19.1 Å². The van der Waals surface area contributed by atoms with E-state index in [2.05, 4.69) is 34.5 Å². The van der Waals surface area contributed by atoms with Crippen LogP contribution in [0.15, 0.2) is 30.9 Å². The van der Waals surface area contributed by atoms with Gasteiger partial charge in [-0.1, -0.05) is 12.6 Å². The summed E-state index contributed by atoms with van der Waals surface area (Å²) in [6, 6.07) is 8.13. The second-order valence-corrected chi connectivity index (χ2v) is 11.4. The lowest BCUT2D eigenvalue weighted by atomic mass is 9.96. The zero-order valence-electron chi connectivity index (χ0n) is 25.0. The first kappa shape index (κ1) is 30.3. The maximum Gasteiger partial charge on any atom is 0.319 e. The van der Waals surface area contributed by atoms with Gasteiger partial charge in [0.05, 0.1) is 31.7 Å². The molecule has 11 nitrogen and oxygen atoms in total. The van der Waals surface area contributed by atoms with Gasteiger partial charge in [-0.05, 0) is 70.3 Å². The van der Waals surface area contributed by atoms with Crippen molar-refractivity contribution in [2.24, 2.45) is 0 Å². The number of rotatable bonds is 11. The lowest BCUT2D eigenvalue weighted by Crippen LogP contribution is -2.55. The summed E-state index contributed by atoms with van der Waals surface area (Å²) in [7, 11) is 3.74. The summed E-state index contributed by atoms with van der Waals surface area (Å²) < 4.78 is 17.9. The van der Waals surface area contributed by atoms with E-state index in [0.717, 1.165) is 61.1 Å². The molecule has 3 aliphatic rings. The van der Waals surface area contributed by atoms with Crippen LogP contribution in [-0.2, 0) is 17.6 Å². The van der Waals surface area contributed by atoms with E-state index in [9.17, 15) is 14.9 Å². The van der Waals surface area contributed by atoms with Gasteiger partial charge in [-0.15, -0.1) is 0 Å². The van der Waals surface area contributed by atoms with Crippen LogP contribution in [0.3, 0.4) is 0 Å². The predicted molar refractivity (Wildman–Crippen MR) is 161 cm³/mol. The van der Waals surface area contributed by atoms with E-state index < -0.39 is 0 Å². The number of aldehydes is 1. The zero-order valence-corrected chi connectivity index (χ0v) is 25.0. The maximum absolute atomic E-state index is 12.5. The highest BCUT2D eigenvalue weighted by Crippen LogP contribution is 2.36. The molecule has 2 unspecified atom stereocenters. The van der Waals surface area contributed by atoms with Crippen molar-refractivity contribution in [3.8, 4) is 23.6 Å². The van der Waals surface area contributed by atoms with Crippen molar-refractivity contribution in [2.75, 3.05) is 51.8 Å². The summed E-state index contributed by atoms with van der Waals surface area (Å²) in [4.78, 5) is 40.3. The average Bonchev–Trinajstić information content (AvgIpc) is 3.46. The Bertz CT molecular complexity index is 1380. The largest absolute Gasteiger partial charge is 0.496 e. The Labute approximate surface area is 253 Å². The van der Waals surface area contributed by atoms with Crippen LogP contribution in [0.1, 0.15) is 53.7 Å². The first-order chi connectivity index (χ1) is 20.9. The molecule has 2 saturated heterocycles. The molecule has 2 aromatic rings. The highest BCUT2D eigenvalue weighted by molar-refractivity contribution is 5.87. The van der Waals surface area contributed by atoms with Crippen molar-refractivity contribution in [1.82, 2.24) is 19.8 Å². The Kier molecular flexibility index (Phi) is 9.77. The van der Waals surface area contributed by atoms with Crippen LogP contribution in [0.5, 0.6) is 17.5 Å². The van der Waals surface area contributed by atoms with Crippen molar-refractivity contribution < 1.29 is 23.8 Å². The molecule has 3 aliphatic heterocycles. The van der Waals surface area contributed by atoms with Crippen LogP contribution in [0, 0.1) is 11.3 Å². The summed E-state index contributed by atoms with van der Waals surface area (Å²) in [5.41, 5.74) is 2.09. The molecular weight excluding hydrogens is 548 g/mol. The third kappa shape index (κ3) is 6.75.